The molecule has 0 saturated heterocycles. The van der Waals surface area contributed by atoms with Crippen molar-refractivity contribution in [1.82, 2.24) is 20.3 Å². The van der Waals surface area contributed by atoms with E-state index in [0.717, 1.165) is 11.1 Å². The zero-order valence-electron chi connectivity index (χ0n) is 66.3. The number of carbonyl (C=O) groups excluding carboxylic acids is 9. The Hall–Kier alpha value is -8.81. The molecular formula is C72H107N4O34P3S2. The Balaban J connectivity index is 0.000000856. The van der Waals surface area contributed by atoms with E-state index in [0.29, 0.717) is 18.6 Å². The first-order chi connectivity index (χ1) is 53.3. The molecule has 6 N–H and O–H groups in total. The lowest BCUT2D eigenvalue weighted by Crippen LogP contribution is -2.47. The summed E-state index contributed by atoms with van der Waals surface area (Å²) in [6.07, 6.45) is -2.91. The predicted molar refractivity (Wildman–Crippen MR) is 417 cm³/mol. The fourth-order valence-corrected chi connectivity index (χ4v) is 16.9. The van der Waals surface area contributed by atoms with Crippen LogP contribution in [0.15, 0.2) is 112 Å². The van der Waals surface area contributed by atoms with Crippen molar-refractivity contribution in [3.63, 3.8) is 0 Å². The van der Waals surface area contributed by atoms with Gasteiger partial charge in [-0.25, -0.2) is 34.7 Å². The summed E-state index contributed by atoms with van der Waals surface area (Å²) in [6, 6.07) is 14.3. The van der Waals surface area contributed by atoms with Crippen LogP contribution in [0.1, 0.15) is 142 Å². The number of allylic oxidation sites excluding steroid dienone is 1. The van der Waals surface area contributed by atoms with Crippen LogP contribution >= 0.6 is 49.5 Å². The molecular weight excluding hydrogens is 1620 g/mol. The lowest BCUT2D eigenvalue weighted by Gasteiger charge is -2.31. The summed E-state index contributed by atoms with van der Waals surface area (Å²) >= 11 is 0. The third kappa shape index (κ3) is 40.1. The van der Waals surface area contributed by atoms with Crippen molar-refractivity contribution in [3.8, 4) is 0 Å². The molecule has 2 aromatic heterocycles. The number of carboxylic acids is 1. The number of methoxy groups -OCH3 is 1. The molecule has 1 aliphatic heterocycles. The topological polar surface area (TPSA) is 517 Å². The third-order valence-corrected chi connectivity index (χ3v) is 22.0. The fraction of sp³-hybridized carbons (Fsp3) is 0.556. The van der Waals surface area contributed by atoms with Gasteiger partial charge in [0.15, 0.2) is 36.3 Å². The number of carbonyl (C=O) groups is 10. The average Bonchev–Trinajstić information content (AvgIpc) is 1.72. The standard InChI is InChI=1S/C29H41N2O7P.C22H25O15P.C21H37N2O12P.2H2S/c1-5-14-24(27(32)36-4)21-39(35,30-25(28(33)37-6-2)19-22-15-10-8-11-16-22)31-26(29(34)38-7-3)20-23-17-12-9-13-18-23;1-11-16(35-14(4)32-11)7-29-19(23)6-5-15(20(24)30-8-17-12(2)33-21(25)36-17)10-38(27,28)31-9-18-13(3)34-22(26)37-18;1-7-31-18(26)14(5)22-36(30,23-15(6)19(27)32-8-2)11-16(9-10-17(24)25)20(28)33-12-34-21(29)35-13(3)4;;/h8-13,15-18,24-26H,5-7,14,19-21H2,1-4H3,(H2,30,31,35);15H,4-10H2,1-3H3,(H,27,28);13-16H,7-12H2,1-6H3,(H,24,25)(H2,22,23,30);2*1H2/t24?,25-,26-;;14-,15-,16?;;/m0.0../s1. The third-order valence-electron chi connectivity index (χ3n) is 15.6. The van der Waals surface area contributed by atoms with Crippen LogP contribution in [0.5, 0.6) is 0 Å². The van der Waals surface area contributed by atoms with E-state index in [-0.39, 0.29) is 133 Å². The van der Waals surface area contributed by atoms with E-state index < -0.39 is 181 Å². The van der Waals surface area contributed by atoms with E-state index in [9.17, 15) is 76.1 Å². The molecule has 115 heavy (non-hydrogen) atoms. The van der Waals surface area contributed by atoms with E-state index >= 15 is 0 Å². The Bertz CT molecular complexity index is 3990. The van der Waals surface area contributed by atoms with Crippen LogP contribution in [-0.4, -0.2) is 166 Å². The van der Waals surface area contributed by atoms with E-state index in [1.54, 1.807) is 48.5 Å². The van der Waals surface area contributed by atoms with Gasteiger partial charge in [-0.05, 0) is 126 Å². The number of hydrogen-bond donors (Lipinski definition) is 6. The summed E-state index contributed by atoms with van der Waals surface area (Å²) < 4.78 is 125. The lowest BCUT2D eigenvalue weighted by atomic mass is 10.1. The summed E-state index contributed by atoms with van der Waals surface area (Å²) in [4.78, 5) is 156. The summed E-state index contributed by atoms with van der Waals surface area (Å²) in [7, 11) is -11.0. The Labute approximate surface area is 678 Å². The molecule has 0 saturated carbocycles. The maximum atomic E-state index is 14.7. The Morgan fingerprint density at radius 2 is 0.939 bits per heavy atom. The van der Waals surface area contributed by atoms with Crippen molar-refractivity contribution < 1.29 is 151 Å². The van der Waals surface area contributed by atoms with Crippen LogP contribution in [0.25, 0.3) is 0 Å². The summed E-state index contributed by atoms with van der Waals surface area (Å²) in [5, 5.41) is 20.2. The number of benzene rings is 2. The monoisotopic (exact) mass is 1730 g/mol. The van der Waals surface area contributed by atoms with Crippen molar-refractivity contribution in [2.45, 2.75) is 178 Å². The largest absolute Gasteiger partial charge is 0.519 e. The quantitative estimate of drug-likeness (QED) is 0.0104. The van der Waals surface area contributed by atoms with Gasteiger partial charge in [0.2, 0.25) is 21.7 Å². The molecule has 5 rings (SSSR count). The number of hydrogen-bond acceptors (Lipinski definition) is 32. The second-order valence-electron chi connectivity index (χ2n) is 25.1. The molecule has 1 aliphatic rings. The lowest BCUT2D eigenvalue weighted by molar-refractivity contribution is -0.158. The van der Waals surface area contributed by atoms with E-state index in [4.69, 9.17) is 70.6 Å². The summed E-state index contributed by atoms with van der Waals surface area (Å²) in [5.41, 5.74) is 1.66. The number of esters is 8. The second-order valence-corrected chi connectivity index (χ2v) is 31.7. The first-order valence-corrected chi connectivity index (χ1v) is 41.4. The maximum Gasteiger partial charge on any atom is 0.519 e. The number of nitrogens with one attached hydrogen (secondary N) is 4. The van der Waals surface area contributed by atoms with Crippen LogP contribution in [0.3, 0.4) is 0 Å². The van der Waals surface area contributed by atoms with E-state index in [2.05, 4.69) is 40.5 Å². The zero-order valence-corrected chi connectivity index (χ0v) is 71.0. The van der Waals surface area contributed by atoms with Crippen molar-refractivity contribution in [1.29, 1.82) is 0 Å². The molecule has 0 amide bonds. The Morgan fingerprint density at radius 1 is 0.504 bits per heavy atom. The molecule has 646 valence electrons. The van der Waals surface area contributed by atoms with Gasteiger partial charge in [0.05, 0.1) is 63.6 Å². The number of aliphatic carboxylic acids is 1. The normalized spacial score (nSPS) is 14.1. The number of aryl methyl sites for hydroxylation is 2. The zero-order chi connectivity index (χ0) is 84.6. The smallest absolute Gasteiger partial charge is 0.481 e. The molecule has 38 nitrogen and oxygen atoms in total. The Kier molecular flexibility index (Phi) is 48.4. The molecule has 2 aromatic carbocycles. The van der Waals surface area contributed by atoms with Crippen molar-refractivity contribution in [2.75, 3.05) is 65.4 Å². The van der Waals surface area contributed by atoms with Crippen LogP contribution < -0.4 is 32.0 Å². The maximum absolute atomic E-state index is 14.7. The second kappa shape index (κ2) is 53.4. The fourth-order valence-electron chi connectivity index (χ4n) is 10.2. The van der Waals surface area contributed by atoms with Gasteiger partial charge in [-0.3, -0.25) is 56.8 Å². The molecule has 4 aromatic rings. The van der Waals surface area contributed by atoms with Gasteiger partial charge >= 0.3 is 79.1 Å². The first kappa shape index (κ1) is 104. The van der Waals surface area contributed by atoms with Crippen LogP contribution in [0, 0.1) is 31.6 Å². The van der Waals surface area contributed by atoms with E-state index in [1.165, 1.54) is 34.8 Å². The van der Waals surface area contributed by atoms with Gasteiger partial charge in [0, 0.05) is 25.2 Å². The average molecular weight is 1730 g/mol. The van der Waals surface area contributed by atoms with Gasteiger partial charge in [-0.2, -0.15) is 27.0 Å². The van der Waals surface area contributed by atoms with Gasteiger partial charge in [0.1, 0.15) is 42.3 Å². The summed E-state index contributed by atoms with van der Waals surface area (Å²) in [5.74, 6) is -11.8. The molecule has 3 heterocycles. The molecule has 0 spiro atoms. The van der Waals surface area contributed by atoms with Crippen LogP contribution in [-0.2, 0) is 144 Å². The van der Waals surface area contributed by atoms with Crippen LogP contribution in [0.2, 0.25) is 0 Å². The number of ether oxygens (including phenoxy) is 12. The molecule has 0 bridgehead atoms. The highest BCUT2D eigenvalue weighted by molar-refractivity contribution is 7.60. The first-order valence-electron chi connectivity index (χ1n) is 35.9. The van der Waals surface area contributed by atoms with Crippen molar-refractivity contribution in [2.24, 2.45) is 17.8 Å². The van der Waals surface area contributed by atoms with Gasteiger partial charge in [0.25, 0.3) is 5.95 Å². The molecule has 8 atom stereocenters. The highest BCUT2D eigenvalue weighted by Gasteiger charge is 2.41. The molecule has 0 aliphatic carbocycles. The van der Waals surface area contributed by atoms with Gasteiger partial charge in [-0.1, -0.05) is 74.0 Å². The van der Waals surface area contributed by atoms with Crippen LogP contribution in [0.4, 0.5) is 4.79 Å². The highest BCUT2D eigenvalue weighted by Crippen LogP contribution is 2.47. The molecule has 0 fully saturated rings. The molecule has 4 unspecified atom stereocenters. The predicted octanol–water partition coefficient (Wildman–Crippen LogP) is 8.86. The van der Waals surface area contributed by atoms with E-state index in [1.807, 2.05) is 67.6 Å². The van der Waals surface area contributed by atoms with Gasteiger partial charge in [-0.15, -0.1) is 0 Å². The summed E-state index contributed by atoms with van der Waals surface area (Å²) in [6.45, 7) is 20.5. The number of rotatable bonds is 47. The van der Waals surface area contributed by atoms with Crippen molar-refractivity contribution >= 4 is 109 Å². The SMILES string of the molecule is C=C1OC(C)=C(COC(=O)CCC(CP(=O)(O)OCc2oc(=O)oc2C)C(=O)OCc2oc(=O)oc2C)O1.CCCC(CP(=O)(N[C@@H](Cc1ccccc1)C(=O)OCC)N[C@@H](Cc1ccccc1)C(=O)OCC)C(=O)OC.CCOC(=O)[C@H](C)NP(=O)(CC(CCC(=O)O)C(=O)OCOC(=O)OC(C)C)N[C@@H](C)C(=O)OCC.S.S. The van der Waals surface area contributed by atoms with Gasteiger partial charge < -0.3 is 89.0 Å². The molecule has 0 radical (unpaired) electrons. The minimum absolute atomic E-state index is 0. The number of carboxylic acid groups (broad SMARTS) is 1. The van der Waals surface area contributed by atoms with Crippen molar-refractivity contribution in [3.05, 3.63) is 140 Å². The molecule has 43 heteroatoms. The minimum Gasteiger partial charge on any atom is -0.481 e. The Morgan fingerprint density at radius 3 is 1.36 bits per heavy atom. The minimum atomic E-state index is -4.49. The highest BCUT2D eigenvalue weighted by atomic mass is 32.1.